The van der Waals surface area contributed by atoms with Crippen LogP contribution in [-0.4, -0.2) is 68.9 Å². The van der Waals surface area contributed by atoms with Crippen molar-refractivity contribution in [2.24, 2.45) is 0 Å². The maximum Gasteiger partial charge on any atom is 0.194 e. The molecule has 4 unspecified atom stereocenters. The summed E-state index contributed by atoms with van der Waals surface area (Å²) in [6.07, 6.45) is -7.08. The van der Waals surface area contributed by atoms with Crippen LogP contribution in [-0.2, 0) is 6.42 Å². The molecule has 2 rings (SSSR count). The van der Waals surface area contributed by atoms with Crippen LogP contribution in [0.2, 0.25) is 5.02 Å². The lowest BCUT2D eigenvalue weighted by molar-refractivity contribution is -0.105. The topological polar surface area (TPSA) is 127 Å². The van der Waals surface area contributed by atoms with Gasteiger partial charge in [-0.3, -0.25) is 4.79 Å². The minimum Gasteiger partial charge on any atom is -0.494 e. The third kappa shape index (κ3) is 5.99. The Morgan fingerprint density at radius 3 is 2.28 bits per heavy atom. The second kappa shape index (κ2) is 10.7. The van der Waals surface area contributed by atoms with Crippen molar-refractivity contribution in [3.63, 3.8) is 0 Å². The van der Waals surface area contributed by atoms with Crippen LogP contribution in [0.25, 0.3) is 0 Å². The van der Waals surface area contributed by atoms with Gasteiger partial charge in [0, 0.05) is 10.6 Å². The Balaban J connectivity index is 2.17. The Morgan fingerprint density at radius 1 is 1.03 bits per heavy atom. The lowest BCUT2D eigenvalue weighted by Gasteiger charge is -2.25. The molecule has 0 aliphatic heterocycles. The minimum atomic E-state index is -1.98. The minimum absolute atomic E-state index is 0.0903. The van der Waals surface area contributed by atoms with Gasteiger partial charge in [-0.2, -0.15) is 0 Å². The van der Waals surface area contributed by atoms with Crippen LogP contribution in [0.5, 0.6) is 5.75 Å². The number of aliphatic hydroxyl groups is 5. The monoisotopic (exact) mass is 424 g/mol. The molecule has 0 aliphatic rings. The van der Waals surface area contributed by atoms with Gasteiger partial charge in [-0.1, -0.05) is 23.7 Å². The molecule has 5 N–H and O–H groups in total. The zero-order chi connectivity index (χ0) is 21.6. The van der Waals surface area contributed by atoms with E-state index in [4.69, 9.17) is 21.4 Å². The average molecular weight is 425 g/mol. The number of ether oxygens (including phenoxy) is 1. The highest BCUT2D eigenvalue weighted by Crippen LogP contribution is 2.23. The fourth-order valence-electron chi connectivity index (χ4n) is 2.80. The van der Waals surface area contributed by atoms with Gasteiger partial charge >= 0.3 is 0 Å². The van der Waals surface area contributed by atoms with E-state index in [-0.39, 0.29) is 5.56 Å². The number of halogens is 1. The Hall–Kier alpha value is -2.00. The fraction of sp³-hybridized carbons (Fsp3) is 0.381. The van der Waals surface area contributed by atoms with Gasteiger partial charge in [0.25, 0.3) is 0 Å². The second-order valence-corrected chi connectivity index (χ2v) is 7.01. The van der Waals surface area contributed by atoms with Gasteiger partial charge in [-0.15, -0.1) is 0 Å². The molecule has 0 saturated heterocycles. The zero-order valence-electron chi connectivity index (χ0n) is 15.9. The SMILES string of the molecule is CCOc1ccc(Cc2cc(C(=O)C(O)C(O)C(O)C(O)CO)ccc2Cl)cc1. The van der Waals surface area contributed by atoms with Crippen molar-refractivity contribution < 1.29 is 35.1 Å². The summed E-state index contributed by atoms with van der Waals surface area (Å²) >= 11 is 6.24. The van der Waals surface area contributed by atoms with E-state index in [1.165, 1.54) is 18.2 Å². The van der Waals surface area contributed by atoms with Crippen LogP contribution < -0.4 is 4.74 Å². The normalized spacial score (nSPS) is 15.4. The molecule has 0 aliphatic carbocycles. The molecule has 0 heterocycles. The second-order valence-electron chi connectivity index (χ2n) is 6.60. The highest BCUT2D eigenvalue weighted by molar-refractivity contribution is 6.31. The highest BCUT2D eigenvalue weighted by Gasteiger charge is 2.34. The Morgan fingerprint density at radius 2 is 1.69 bits per heavy atom. The van der Waals surface area contributed by atoms with E-state index in [0.717, 1.165) is 11.3 Å². The van der Waals surface area contributed by atoms with E-state index < -0.39 is 36.8 Å². The zero-order valence-corrected chi connectivity index (χ0v) is 16.7. The number of ketones is 1. The van der Waals surface area contributed by atoms with Crippen molar-refractivity contribution >= 4 is 17.4 Å². The van der Waals surface area contributed by atoms with Crippen molar-refractivity contribution in [1.29, 1.82) is 0 Å². The number of rotatable bonds is 10. The fourth-order valence-corrected chi connectivity index (χ4v) is 2.99. The maximum atomic E-state index is 12.5. The summed E-state index contributed by atoms with van der Waals surface area (Å²) in [5.74, 6) is -0.0988. The molecule has 29 heavy (non-hydrogen) atoms. The summed E-state index contributed by atoms with van der Waals surface area (Å²) < 4.78 is 5.40. The summed E-state index contributed by atoms with van der Waals surface area (Å²) in [7, 11) is 0. The van der Waals surface area contributed by atoms with Gasteiger partial charge in [0.05, 0.1) is 13.2 Å². The number of carbonyl (C=O) groups is 1. The molecule has 0 spiro atoms. The molecular weight excluding hydrogens is 400 g/mol. The molecular formula is C21H25ClO7. The number of benzene rings is 2. The molecule has 0 aromatic heterocycles. The van der Waals surface area contributed by atoms with Gasteiger partial charge in [0.15, 0.2) is 5.78 Å². The smallest absolute Gasteiger partial charge is 0.194 e. The number of aliphatic hydroxyl groups excluding tert-OH is 5. The first-order chi connectivity index (χ1) is 13.8. The summed E-state index contributed by atoms with van der Waals surface area (Å²) in [5.41, 5.74) is 1.66. The molecule has 0 fully saturated rings. The van der Waals surface area contributed by atoms with Gasteiger partial charge in [0.2, 0.25) is 0 Å². The lowest BCUT2D eigenvalue weighted by Crippen LogP contribution is -2.48. The molecule has 2 aromatic rings. The molecule has 0 amide bonds. The van der Waals surface area contributed by atoms with Crippen molar-refractivity contribution in [2.75, 3.05) is 13.2 Å². The van der Waals surface area contributed by atoms with E-state index in [9.17, 15) is 25.2 Å². The Kier molecular flexibility index (Phi) is 8.58. The van der Waals surface area contributed by atoms with Gasteiger partial charge in [-0.25, -0.2) is 0 Å². The van der Waals surface area contributed by atoms with Crippen molar-refractivity contribution in [3.8, 4) is 5.75 Å². The van der Waals surface area contributed by atoms with Gasteiger partial charge in [0.1, 0.15) is 30.2 Å². The van der Waals surface area contributed by atoms with E-state index in [1.54, 1.807) is 0 Å². The number of hydrogen-bond acceptors (Lipinski definition) is 7. The van der Waals surface area contributed by atoms with Crippen LogP contribution in [0, 0.1) is 0 Å². The first kappa shape index (κ1) is 23.3. The molecule has 0 radical (unpaired) electrons. The van der Waals surface area contributed by atoms with Gasteiger partial charge in [-0.05, 0) is 54.8 Å². The van der Waals surface area contributed by atoms with Crippen LogP contribution >= 0.6 is 11.6 Å². The van der Waals surface area contributed by atoms with E-state index in [1.807, 2.05) is 31.2 Å². The molecule has 7 nitrogen and oxygen atoms in total. The third-order valence-corrected chi connectivity index (χ3v) is 4.85. The molecule has 0 saturated carbocycles. The standard InChI is InChI=1S/C21H25ClO7/c1-2-29-15-6-3-12(4-7-15)9-14-10-13(5-8-16(14)22)18(25)20(27)21(28)19(26)17(24)11-23/h3-8,10,17,19-21,23-24,26-28H,2,9,11H2,1H3. The van der Waals surface area contributed by atoms with Crippen molar-refractivity contribution in [3.05, 3.63) is 64.2 Å². The van der Waals surface area contributed by atoms with E-state index >= 15 is 0 Å². The number of Topliss-reactive ketones (excluding diaryl/α,β-unsaturated/α-hetero) is 1. The Bertz CT molecular complexity index is 809. The number of hydrogen-bond donors (Lipinski definition) is 5. The predicted octanol–water partition coefficient (Wildman–Crippen LogP) is 0.948. The lowest BCUT2D eigenvalue weighted by atomic mass is 9.94. The third-order valence-electron chi connectivity index (χ3n) is 4.48. The molecule has 4 atom stereocenters. The Labute approximate surface area is 173 Å². The maximum absolute atomic E-state index is 12.5. The van der Waals surface area contributed by atoms with Crippen molar-refractivity contribution in [2.45, 2.75) is 37.8 Å². The first-order valence-electron chi connectivity index (χ1n) is 9.16. The molecule has 158 valence electrons. The largest absolute Gasteiger partial charge is 0.494 e. The van der Waals surface area contributed by atoms with Crippen LogP contribution in [0.4, 0.5) is 0 Å². The highest BCUT2D eigenvalue weighted by atomic mass is 35.5. The van der Waals surface area contributed by atoms with Crippen LogP contribution in [0.3, 0.4) is 0 Å². The molecule has 2 aromatic carbocycles. The molecule has 0 bridgehead atoms. The van der Waals surface area contributed by atoms with Gasteiger partial charge < -0.3 is 30.3 Å². The van der Waals surface area contributed by atoms with Crippen molar-refractivity contribution in [1.82, 2.24) is 0 Å². The summed E-state index contributed by atoms with van der Waals surface area (Å²) in [6.45, 7) is 1.63. The quantitative estimate of drug-likeness (QED) is 0.359. The summed E-state index contributed by atoms with van der Waals surface area (Å²) in [5, 5.41) is 48.4. The summed E-state index contributed by atoms with van der Waals surface area (Å²) in [6, 6.07) is 11.8. The van der Waals surface area contributed by atoms with Crippen LogP contribution in [0.1, 0.15) is 28.4 Å². The van der Waals surface area contributed by atoms with E-state index in [0.29, 0.717) is 23.6 Å². The van der Waals surface area contributed by atoms with Crippen LogP contribution in [0.15, 0.2) is 42.5 Å². The number of carbonyl (C=O) groups excluding carboxylic acids is 1. The molecule has 8 heteroatoms. The van der Waals surface area contributed by atoms with E-state index in [2.05, 4.69) is 0 Å². The first-order valence-corrected chi connectivity index (χ1v) is 9.53. The predicted molar refractivity (Wildman–Crippen MR) is 107 cm³/mol. The summed E-state index contributed by atoms with van der Waals surface area (Å²) in [4.78, 5) is 12.5. The average Bonchev–Trinajstić information content (AvgIpc) is 2.74.